The first-order valence-electron chi connectivity index (χ1n) is 10.3. The summed E-state index contributed by atoms with van der Waals surface area (Å²) in [5, 5.41) is 0.782. The summed E-state index contributed by atoms with van der Waals surface area (Å²) in [4.78, 5) is 42.9. The number of aromatic nitrogens is 1. The lowest BCUT2D eigenvalue weighted by atomic mass is 9.97. The highest BCUT2D eigenvalue weighted by Gasteiger charge is 2.32. The Labute approximate surface area is 179 Å². The molecular formula is C24H23FN2O4. The number of benzene rings is 2. The van der Waals surface area contributed by atoms with E-state index in [0.29, 0.717) is 30.5 Å². The van der Waals surface area contributed by atoms with Crippen LogP contribution in [0.4, 0.5) is 4.39 Å². The SMILES string of the molecule is C[C@@H](OC(=O)[C@H]1CCCN(C(=O)c2ccc(F)cc2)C1)C(=O)c1c[nH]c2ccccc12. The van der Waals surface area contributed by atoms with Gasteiger partial charge in [-0.2, -0.15) is 0 Å². The molecule has 31 heavy (non-hydrogen) atoms. The van der Waals surface area contributed by atoms with Gasteiger partial charge in [-0.3, -0.25) is 14.4 Å². The molecule has 1 fully saturated rings. The molecule has 4 rings (SSSR count). The summed E-state index contributed by atoms with van der Waals surface area (Å²) in [6, 6.07) is 12.8. The van der Waals surface area contributed by atoms with Crippen LogP contribution in [0.2, 0.25) is 0 Å². The first-order chi connectivity index (χ1) is 14.9. The second-order valence-electron chi connectivity index (χ2n) is 7.79. The molecule has 1 amide bonds. The van der Waals surface area contributed by atoms with Crippen molar-refractivity contribution in [1.82, 2.24) is 9.88 Å². The Hall–Kier alpha value is -3.48. The van der Waals surface area contributed by atoms with Gasteiger partial charge in [0.05, 0.1) is 5.92 Å². The van der Waals surface area contributed by atoms with Gasteiger partial charge in [0.25, 0.3) is 5.91 Å². The molecule has 6 nitrogen and oxygen atoms in total. The third kappa shape index (κ3) is 4.35. The van der Waals surface area contributed by atoms with Crippen molar-refractivity contribution in [2.24, 2.45) is 5.92 Å². The fraction of sp³-hybridized carbons (Fsp3) is 0.292. The molecule has 3 aromatic rings. The van der Waals surface area contributed by atoms with Crippen LogP contribution in [0.5, 0.6) is 0 Å². The van der Waals surface area contributed by atoms with E-state index in [-0.39, 0.29) is 18.2 Å². The zero-order valence-corrected chi connectivity index (χ0v) is 17.1. The molecule has 2 aromatic carbocycles. The number of esters is 1. The number of H-pyrrole nitrogens is 1. The number of carbonyl (C=O) groups is 3. The number of piperidine rings is 1. The third-order valence-corrected chi connectivity index (χ3v) is 5.65. The van der Waals surface area contributed by atoms with Gasteiger partial charge in [-0.25, -0.2) is 4.39 Å². The number of para-hydroxylation sites is 1. The van der Waals surface area contributed by atoms with Crippen LogP contribution in [0.25, 0.3) is 10.9 Å². The van der Waals surface area contributed by atoms with E-state index in [9.17, 15) is 18.8 Å². The number of hydrogen-bond donors (Lipinski definition) is 1. The van der Waals surface area contributed by atoms with Gasteiger partial charge in [-0.05, 0) is 50.1 Å². The average Bonchev–Trinajstić information content (AvgIpc) is 3.22. The Morgan fingerprint density at radius 2 is 1.87 bits per heavy atom. The highest BCUT2D eigenvalue weighted by Crippen LogP contribution is 2.23. The predicted octanol–water partition coefficient (Wildman–Crippen LogP) is 3.97. The van der Waals surface area contributed by atoms with Crippen molar-refractivity contribution >= 4 is 28.6 Å². The van der Waals surface area contributed by atoms with Gasteiger partial charge in [0.1, 0.15) is 5.82 Å². The highest BCUT2D eigenvalue weighted by atomic mass is 19.1. The quantitative estimate of drug-likeness (QED) is 0.498. The van der Waals surface area contributed by atoms with Crippen LogP contribution < -0.4 is 0 Å². The van der Waals surface area contributed by atoms with Gasteiger partial charge in [0.15, 0.2) is 6.10 Å². The van der Waals surface area contributed by atoms with E-state index < -0.39 is 23.8 Å². The standard InChI is InChI=1S/C24H23FN2O4/c1-15(22(28)20-13-26-21-7-3-2-6-19(20)21)31-24(30)17-5-4-12-27(14-17)23(29)16-8-10-18(25)11-9-16/h2-3,6-11,13,15,17,26H,4-5,12,14H2,1H3/t15-,17+/m1/s1. The Kier molecular flexibility index (Phi) is 5.84. The Bertz CT molecular complexity index is 1120. The fourth-order valence-corrected chi connectivity index (χ4v) is 3.95. The van der Waals surface area contributed by atoms with Crippen LogP contribution >= 0.6 is 0 Å². The minimum absolute atomic E-state index is 0.211. The normalized spacial score (nSPS) is 17.4. The Morgan fingerprint density at radius 3 is 2.65 bits per heavy atom. The van der Waals surface area contributed by atoms with Crippen molar-refractivity contribution in [2.75, 3.05) is 13.1 Å². The summed E-state index contributed by atoms with van der Waals surface area (Å²) in [5.74, 6) is -1.93. The van der Waals surface area contributed by atoms with Crippen molar-refractivity contribution in [1.29, 1.82) is 0 Å². The summed E-state index contributed by atoms with van der Waals surface area (Å²) in [6.45, 7) is 2.29. The summed E-state index contributed by atoms with van der Waals surface area (Å²) >= 11 is 0. The molecule has 0 aliphatic carbocycles. The molecule has 0 unspecified atom stereocenters. The fourth-order valence-electron chi connectivity index (χ4n) is 3.95. The first kappa shape index (κ1) is 20.8. The van der Waals surface area contributed by atoms with E-state index in [1.807, 2.05) is 24.3 Å². The zero-order valence-electron chi connectivity index (χ0n) is 17.1. The summed E-state index contributed by atoms with van der Waals surface area (Å²) in [6.07, 6.45) is 1.92. The molecule has 7 heteroatoms. The van der Waals surface area contributed by atoms with E-state index in [1.54, 1.807) is 18.0 Å². The van der Waals surface area contributed by atoms with Crippen LogP contribution in [0.1, 0.15) is 40.5 Å². The molecule has 2 heterocycles. The maximum Gasteiger partial charge on any atom is 0.311 e. The van der Waals surface area contributed by atoms with E-state index in [0.717, 1.165) is 10.9 Å². The largest absolute Gasteiger partial charge is 0.454 e. The van der Waals surface area contributed by atoms with E-state index in [2.05, 4.69) is 4.98 Å². The topological polar surface area (TPSA) is 79.5 Å². The number of hydrogen-bond acceptors (Lipinski definition) is 4. The molecule has 0 spiro atoms. The second kappa shape index (κ2) is 8.71. The molecule has 1 aromatic heterocycles. The number of fused-ring (bicyclic) bond motifs is 1. The van der Waals surface area contributed by atoms with Gasteiger partial charge >= 0.3 is 5.97 Å². The number of halogens is 1. The number of ether oxygens (including phenoxy) is 1. The van der Waals surface area contributed by atoms with Crippen LogP contribution in [-0.4, -0.2) is 46.7 Å². The van der Waals surface area contributed by atoms with Crippen molar-refractivity contribution in [3.63, 3.8) is 0 Å². The van der Waals surface area contributed by atoms with Crippen LogP contribution in [0, 0.1) is 11.7 Å². The lowest BCUT2D eigenvalue weighted by Gasteiger charge is -2.32. The number of likely N-dealkylation sites (tertiary alicyclic amines) is 1. The number of aromatic amines is 1. The van der Waals surface area contributed by atoms with Crippen molar-refractivity contribution in [2.45, 2.75) is 25.9 Å². The minimum atomic E-state index is -0.935. The maximum absolute atomic E-state index is 13.1. The van der Waals surface area contributed by atoms with Crippen LogP contribution in [0.15, 0.2) is 54.7 Å². The van der Waals surface area contributed by atoms with E-state index in [4.69, 9.17) is 4.74 Å². The Morgan fingerprint density at radius 1 is 1.13 bits per heavy atom. The number of nitrogens with zero attached hydrogens (tertiary/aromatic N) is 1. The molecule has 160 valence electrons. The smallest absolute Gasteiger partial charge is 0.311 e. The number of ketones is 1. The molecular weight excluding hydrogens is 399 g/mol. The number of carbonyl (C=O) groups excluding carboxylic acids is 3. The summed E-state index contributed by atoms with van der Waals surface area (Å²) in [7, 11) is 0. The van der Waals surface area contributed by atoms with Crippen molar-refractivity contribution in [3.8, 4) is 0 Å². The highest BCUT2D eigenvalue weighted by molar-refractivity contribution is 6.10. The number of Topliss-reactive ketones (excluding diaryl/α,β-unsaturated/α-hetero) is 1. The Balaban J connectivity index is 1.40. The molecule has 0 saturated carbocycles. The molecule has 2 atom stereocenters. The second-order valence-corrected chi connectivity index (χ2v) is 7.79. The molecule has 0 bridgehead atoms. The lowest BCUT2D eigenvalue weighted by Crippen LogP contribution is -2.43. The third-order valence-electron chi connectivity index (χ3n) is 5.65. The van der Waals surface area contributed by atoms with Gasteiger partial charge in [0, 0.05) is 41.3 Å². The molecule has 1 aliphatic heterocycles. The first-order valence-corrected chi connectivity index (χ1v) is 10.3. The summed E-state index contributed by atoms with van der Waals surface area (Å²) in [5.41, 5.74) is 1.69. The number of amides is 1. The molecule has 1 N–H and O–H groups in total. The van der Waals surface area contributed by atoms with Gasteiger partial charge in [-0.15, -0.1) is 0 Å². The number of rotatable bonds is 5. The zero-order chi connectivity index (χ0) is 22.0. The van der Waals surface area contributed by atoms with E-state index >= 15 is 0 Å². The molecule has 0 radical (unpaired) electrons. The predicted molar refractivity (Wildman–Crippen MR) is 113 cm³/mol. The van der Waals surface area contributed by atoms with Gasteiger partial charge < -0.3 is 14.6 Å². The van der Waals surface area contributed by atoms with Crippen molar-refractivity contribution < 1.29 is 23.5 Å². The van der Waals surface area contributed by atoms with Crippen LogP contribution in [-0.2, 0) is 9.53 Å². The van der Waals surface area contributed by atoms with Crippen molar-refractivity contribution in [3.05, 3.63) is 71.7 Å². The maximum atomic E-state index is 13.1. The lowest BCUT2D eigenvalue weighted by molar-refractivity contribution is -0.152. The van der Waals surface area contributed by atoms with Gasteiger partial charge in [-0.1, -0.05) is 18.2 Å². The summed E-state index contributed by atoms with van der Waals surface area (Å²) < 4.78 is 18.6. The molecule has 1 aliphatic rings. The van der Waals surface area contributed by atoms with Gasteiger partial charge in [0.2, 0.25) is 5.78 Å². The minimum Gasteiger partial charge on any atom is -0.454 e. The molecule has 1 saturated heterocycles. The van der Waals surface area contributed by atoms with E-state index in [1.165, 1.54) is 24.3 Å². The van der Waals surface area contributed by atoms with Crippen LogP contribution in [0.3, 0.4) is 0 Å². The number of nitrogens with one attached hydrogen (secondary N) is 1. The monoisotopic (exact) mass is 422 g/mol. The average molecular weight is 422 g/mol.